The zero-order valence-electron chi connectivity index (χ0n) is 16.7. The van der Waals surface area contributed by atoms with Crippen molar-refractivity contribution in [3.63, 3.8) is 0 Å². The molecule has 0 radical (unpaired) electrons. The van der Waals surface area contributed by atoms with Crippen LogP contribution >= 0.6 is 0 Å². The number of nitrogens with zero attached hydrogens (tertiary/aromatic N) is 1. The van der Waals surface area contributed by atoms with Gasteiger partial charge in [-0.15, -0.1) is 0 Å². The van der Waals surface area contributed by atoms with Crippen LogP contribution in [0.15, 0.2) is 0 Å². The van der Waals surface area contributed by atoms with Crippen LogP contribution in [0, 0.1) is 0 Å². The molecule has 152 valence electrons. The molecule has 0 spiro atoms. The van der Waals surface area contributed by atoms with E-state index in [0.717, 1.165) is 64.5 Å². The maximum absolute atomic E-state index is 11.8. The van der Waals surface area contributed by atoms with Gasteiger partial charge in [-0.3, -0.25) is 14.4 Å². The number of hydrogen-bond acceptors (Lipinski definition) is 3. The Morgan fingerprint density at radius 2 is 1.23 bits per heavy atom. The van der Waals surface area contributed by atoms with Crippen molar-refractivity contribution in [3.8, 4) is 0 Å². The van der Waals surface area contributed by atoms with E-state index in [-0.39, 0.29) is 18.2 Å². The van der Waals surface area contributed by atoms with Crippen LogP contribution in [0.5, 0.6) is 0 Å². The molecule has 0 aliphatic carbocycles. The summed E-state index contributed by atoms with van der Waals surface area (Å²) in [6, 6.07) is 0. The molecule has 2 amide bonds. The molecule has 0 saturated heterocycles. The number of hydrogen-bond donors (Lipinski definition) is 2. The average Bonchev–Trinajstić information content (AvgIpc) is 2.61. The summed E-state index contributed by atoms with van der Waals surface area (Å²) < 4.78 is 0. The fourth-order valence-corrected chi connectivity index (χ4v) is 2.91. The van der Waals surface area contributed by atoms with Crippen molar-refractivity contribution in [1.82, 2.24) is 10.2 Å². The van der Waals surface area contributed by atoms with Crippen molar-refractivity contribution in [2.24, 2.45) is 0 Å². The van der Waals surface area contributed by atoms with E-state index in [2.05, 4.69) is 5.32 Å². The predicted molar refractivity (Wildman–Crippen MR) is 104 cm³/mol. The molecule has 2 N–H and O–H groups in total. The molecule has 0 aromatic carbocycles. The number of rotatable bonds is 17. The third-order valence-corrected chi connectivity index (χ3v) is 4.55. The Morgan fingerprint density at radius 3 is 1.73 bits per heavy atom. The Hall–Kier alpha value is -1.59. The lowest BCUT2D eigenvalue weighted by Gasteiger charge is -2.18. The molecule has 0 aromatic heterocycles. The SMILES string of the molecule is CCN(CC)C(=O)CCCNC(=O)CCCCCCCCCCC(=O)O. The van der Waals surface area contributed by atoms with Crippen LogP contribution in [0.1, 0.15) is 90.9 Å². The molecule has 0 saturated carbocycles. The number of carbonyl (C=O) groups excluding carboxylic acids is 2. The molecule has 0 atom stereocenters. The van der Waals surface area contributed by atoms with Gasteiger partial charge in [0.05, 0.1) is 0 Å². The van der Waals surface area contributed by atoms with Gasteiger partial charge in [0.15, 0.2) is 0 Å². The van der Waals surface area contributed by atoms with Crippen LogP contribution in [-0.4, -0.2) is 47.4 Å². The van der Waals surface area contributed by atoms with Gasteiger partial charge in [0.2, 0.25) is 11.8 Å². The number of carbonyl (C=O) groups is 3. The zero-order chi connectivity index (χ0) is 19.6. The first-order valence-electron chi connectivity index (χ1n) is 10.3. The van der Waals surface area contributed by atoms with Crippen molar-refractivity contribution in [3.05, 3.63) is 0 Å². The highest BCUT2D eigenvalue weighted by atomic mass is 16.4. The Kier molecular flexibility index (Phi) is 15.8. The van der Waals surface area contributed by atoms with Gasteiger partial charge in [-0.2, -0.15) is 0 Å². The molecule has 0 fully saturated rings. The van der Waals surface area contributed by atoms with Gasteiger partial charge in [-0.1, -0.05) is 38.5 Å². The molecule has 0 bridgehead atoms. The molecule has 0 unspecified atom stereocenters. The van der Waals surface area contributed by atoms with Gasteiger partial charge in [0.25, 0.3) is 0 Å². The quantitative estimate of drug-likeness (QED) is 0.382. The number of nitrogens with one attached hydrogen (secondary N) is 1. The Bertz CT molecular complexity index is 395. The number of amides is 2. The van der Waals surface area contributed by atoms with Crippen molar-refractivity contribution in [1.29, 1.82) is 0 Å². The van der Waals surface area contributed by atoms with Crippen molar-refractivity contribution in [2.75, 3.05) is 19.6 Å². The van der Waals surface area contributed by atoms with Crippen molar-refractivity contribution >= 4 is 17.8 Å². The molecule has 0 aliphatic heterocycles. The van der Waals surface area contributed by atoms with Crippen molar-refractivity contribution in [2.45, 2.75) is 90.9 Å². The van der Waals surface area contributed by atoms with Crippen LogP contribution in [-0.2, 0) is 14.4 Å². The van der Waals surface area contributed by atoms with E-state index in [9.17, 15) is 14.4 Å². The van der Waals surface area contributed by atoms with Gasteiger partial charge in [-0.25, -0.2) is 0 Å². The summed E-state index contributed by atoms with van der Waals surface area (Å²) in [6.45, 7) is 6.00. The van der Waals surface area contributed by atoms with E-state index in [4.69, 9.17) is 5.11 Å². The molecule has 0 rings (SSSR count). The highest BCUT2D eigenvalue weighted by Gasteiger charge is 2.09. The van der Waals surface area contributed by atoms with Gasteiger partial charge in [0, 0.05) is 38.9 Å². The summed E-state index contributed by atoms with van der Waals surface area (Å²) in [5.41, 5.74) is 0. The fraction of sp³-hybridized carbons (Fsp3) is 0.850. The van der Waals surface area contributed by atoms with E-state index in [1.807, 2.05) is 18.7 Å². The molecule has 0 aliphatic rings. The number of aliphatic carboxylic acids is 1. The normalized spacial score (nSPS) is 10.5. The smallest absolute Gasteiger partial charge is 0.303 e. The van der Waals surface area contributed by atoms with E-state index in [1.165, 1.54) is 0 Å². The number of carboxylic acid groups (broad SMARTS) is 1. The highest BCUT2D eigenvalue weighted by Crippen LogP contribution is 2.10. The molecular weight excluding hydrogens is 332 g/mol. The first kappa shape index (κ1) is 24.4. The Labute approximate surface area is 158 Å². The van der Waals surface area contributed by atoms with Gasteiger partial charge < -0.3 is 15.3 Å². The Morgan fingerprint density at radius 1 is 0.731 bits per heavy atom. The second-order valence-electron chi connectivity index (χ2n) is 6.74. The summed E-state index contributed by atoms with van der Waals surface area (Å²) in [5, 5.41) is 11.4. The summed E-state index contributed by atoms with van der Waals surface area (Å²) in [5.74, 6) is -0.472. The van der Waals surface area contributed by atoms with Crippen LogP contribution < -0.4 is 5.32 Å². The minimum atomic E-state index is -0.709. The fourth-order valence-electron chi connectivity index (χ4n) is 2.91. The Balaban J connectivity index is 3.39. The third-order valence-electron chi connectivity index (χ3n) is 4.55. The maximum Gasteiger partial charge on any atom is 0.303 e. The first-order chi connectivity index (χ1) is 12.5. The number of carboxylic acids is 1. The summed E-state index contributed by atoms with van der Waals surface area (Å²) in [4.78, 5) is 35.8. The highest BCUT2D eigenvalue weighted by molar-refractivity contribution is 5.77. The molecule has 6 nitrogen and oxygen atoms in total. The zero-order valence-corrected chi connectivity index (χ0v) is 16.7. The van der Waals surface area contributed by atoms with Gasteiger partial charge in [0.1, 0.15) is 0 Å². The summed E-state index contributed by atoms with van der Waals surface area (Å²) >= 11 is 0. The topological polar surface area (TPSA) is 86.7 Å². The lowest BCUT2D eigenvalue weighted by atomic mass is 10.1. The largest absolute Gasteiger partial charge is 0.481 e. The molecular formula is C20H38N2O4. The first-order valence-corrected chi connectivity index (χ1v) is 10.3. The van der Waals surface area contributed by atoms with Crippen LogP contribution in [0.2, 0.25) is 0 Å². The molecule has 6 heteroatoms. The minimum Gasteiger partial charge on any atom is -0.481 e. The van der Waals surface area contributed by atoms with E-state index >= 15 is 0 Å². The molecule has 26 heavy (non-hydrogen) atoms. The standard InChI is InChI=1S/C20H38N2O4/c1-3-22(4-2)19(24)15-13-17-21-18(23)14-11-9-7-5-6-8-10-12-16-20(25)26/h3-17H2,1-2H3,(H,21,23)(H,25,26). The lowest BCUT2D eigenvalue weighted by molar-refractivity contribution is -0.137. The van der Waals surface area contributed by atoms with Gasteiger partial charge >= 0.3 is 5.97 Å². The van der Waals surface area contributed by atoms with Crippen molar-refractivity contribution < 1.29 is 19.5 Å². The maximum atomic E-state index is 11.8. The summed E-state index contributed by atoms with van der Waals surface area (Å²) in [7, 11) is 0. The predicted octanol–water partition coefficient (Wildman–Crippen LogP) is 3.74. The van der Waals surface area contributed by atoms with Crippen LogP contribution in [0.3, 0.4) is 0 Å². The van der Waals surface area contributed by atoms with E-state index in [0.29, 0.717) is 25.8 Å². The second-order valence-corrected chi connectivity index (χ2v) is 6.74. The summed E-state index contributed by atoms with van der Waals surface area (Å²) in [6.07, 6.45) is 10.3. The second kappa shape index (κ2) is 16.9. The van der Waals surface area contributed by atoms with E-state index < -0.39 is 5.97 Å². The average molecular weight is 371 g/mol. The molecule has 0 heterocycles. The number of unbranched alkanes of at least 4 members (excludes halogenated alkanes) is 7. The minimum absolute atomic E-state index is 0.0777. The third kappa shape index (κ3) is 14.7. The van der Waals surface area contributed by atoms with Gasteiger partial charge in [-0.05, 0) is 33.1 Å². The van der Waals surface area contributed by atoms with Crippen LogP contribution in [0.4, 0.5) is 0 Å². The monoisotopic (exact) mass is 370 g/mol. The molecule has 0 aromatic rings. The van der Waals surface area contributed by atoms with Crippen LogP contribution in [0.25, 0.3) is 0 Å². The van der Waals surface area contributed by atoms with E-state index in [1.54, 1.807) is 0 Å². The lowest BCUT2D eigenvalue weighted by Crippen LogP contribution is -2.31.